The fraction of sp³-hybridized carbons (Fsp3) is 0.367. The van der Waals surface area contributed by atoms with Crippen molar-refractivity contribution >= 4 is 21.6 Å². The maximum Gasteiger partial charge on any atom is 0.264 e. The molecule has 5 rings (SSSR count). The van der Waals surface area contributed by atoms with Gasteiger partial charge in [0, 0.05) is 0 Å². The molecule has 0 radical (unpaired) electrons. The maximum atomic E-state index is 13.7. The van der Waals surface area contributed by atoms with E-state index < -0.39 is 16.1 Å². The predicted molar refractivity (Wildman–Crippen MR) is 147 cm³/mol. The average Bonchev–Trinajstić information content (AvgIpc) is 2.94. The van der Waals surface area contributed by atoms with Crippen molar-refractivity contribution in [1.29, 1.82) is 0 Å². The zero-order valence-corrected chi connectivity index (χ0v) is 22.9. The zero-order valence-electron chi connectivity index (χ0n) is 22.1. The Morgan fingerprint density at radius 1 is 1.05 bits per heavy atom. The molecule has 0 bridgehead atoms. The van der Waals surface area contributed by atoms with E-state index in [0.29, 0.717) is 23.6 Å². The molecule has 3 aromatic carbocycles. The van der Waals surface area contributed by atoms with Gasteiger partial charge in [-0.2, -0.15) is 0 Å². The summed E-state index contributed by atoms with van der Waals surface area (Å²) in [6.45, 7) is 3.81. The number of nitrogens with zero attached hydrogens (tertiary/aromatic N) is 1. The molecule has 0 saturated carbocycles. The van der Waals surface area contributed by atoms with Crippen molar-refractivity contribution in [3.63, 3.8) is 0 Å². The van der Waals surface area contributed by atoms with Gasteiger partial charge in [0.25, 0.3) is 15.9 Å². The van der Waals surface area contributed by atoms with E-state index in [0.717, 1.165) is 24.0 Å². The van der Waals surface area contributed by atoms with E-state index in [-0.39, 0.29) is 23.4 Å². The van der Waals surface area contributed by atoms with Crippen LogP contribution in [-0.4, -0.2) is 34.1 Å². The summed E-state index contributed by atoms with van der Waals surface area (Å²) in [5, 5.41) is 3.13. The molecular formula is C30H34N2O5S. The van der Waals surface area contributed by atoms with Crippen LogP contribution >= 0.6 is 0 Å². The first-order valence-electron chi connectivity index (χ1n) is 13.2. The number of carbonyl (C=O) groups is 1. The number of benzene rings is 3. The van der Waals surface area contributed by atoms with Gasteiger partial charge < -0.3 is 14.8 Å². The quantitative estimate of drug-likeness (QED) is 0.456. The first kappa shape index (κ1) is 26.1. The van der Waals surface area contributed by atoms with Crippen LogP contribution in [0.4, 0.5) is 5.69 Å². The third-order valence-electron chi connectivity index (χ3n) is 7.42. The van der Waals surface area contributed by atoms with Gasteiger partial charge in [-0.1, -0.05) is 31.2 Å². The van der Waals surface area contributed by atoms with Crippen molar-refractivity contribution in [2.75, 3.05) is 18.0 Å². The zero-order chi connectivity index (χ0) is 26.9. The van der Waals surface area contributed by atoms with E-state index >= 15 is 0 Å². The molecule has 0 saturated heterocycles. The molecule has 0 fully saturated rings. The minimum atomic E-state index is -3.96. The molecule has 38 heavy (non-hydrogen) atoms. The number of sulfonamides is 1. The van der Waals surface area contributed by atoms with Crippen LogP contribution in [0.1, 0.15) is 54.5 Å². The summed E-state index contributed by atoms with van der Waals surface area (Å²) in [6, 6.07) is 17.9. The summed E-state index contributed by atoms with van der Waals surface area (Å²) in [4.78, 5) is 13.7. The van der Waals surface area contributed by atoms with Gasteiger partial charge in [-0.15, -0.1) is 0 Å². The number of anilines is 1. The molecule has 0 spiro atoms. The predicted octanol–water partition coefficient (Wildman–Crippen LogP) is 5.11. The molecule has 2 atom stereocenters. The summed E-state index contributed by atoms with van der Waals surface area (Å²) in [6.07, 6.45) is 4.28. The highest BCUT2D eigenvalue weighted by atomic mass is 32.2. The molecule has 1 amide bonds. The van der Waals surface area contributed by atoms with Crippen LogP contribution in [0.15, 0.2) is 65.6 Å². The van der Waals surface area contributed by atoms with Gasteiger partial charge in [-0.3, -0.25) is 9.10 Å². The van der Waals surface area contributed by atoms with Crippen LogP contribution in [-0.2, 0) is 27.7 Å². The Morgan fingerprint density at radius 3 is 2.50 bits per heavy atom. The van der Waals surface area contributed by atoms with Crippen molar-refractivity contribution in [2.24, 2.45) is 0 Å². The third kappa shape index (κ3) is 5.10. The fourth-order valence-electron chi connectivity index (χ4n) is 5.26. The number of methoxy groups -OCH3 is 1. The number of nitrogens with one attached hydrogen (secondary N) is 1. The Morgan fingerprint density at radius 2 is 1.79 bits per heavy atom. The summed E-state index contributed by atoms with van der Waals surface area (Å²) >= 11 is 0. The lowest BCUT2D eigenvalue weighted by Crippen LogP contribution is -2.51. The number of fused-ring (bicyclic) bond motifs is 2. The van der Waals surface area contributed by atoms with E-state index in [1.807, 2.05) is 19.9 Å². The summed E-state index contributed by atoms with van der Waals surface area (Å²) in [5.74, 6) is 0.596. The number of aryl methyl sites for hydroxylation is 3. The van der Waals surface area contributed by atoms with Crippen LogP contribution in [0, 0.1) is 6.92 Å². The summed E-state index contributed by atoms with van der Waals surface area (Å²) < 4.78 is 40.0. The van der Waals surface area contributed by atoms with Gasteiger partial charge >= 0.3 is 0 Å². The third-order valence-corrected chi connectivity index (χ3v) is 9.22. The lowest BCUT2D eigenvalue weighted by molar-refractivity contribution is -0.128. The minimum absolute atomic E-state index is 0.117. The molecule has 1 heterocycles. The highest BCUT2D eigenvalue weighted by Crippen LogP contribution is 2.38. The van der Waals surface area contributed by atoms with Crippen molar-refractivity contribution in [2.45, 2.75) is 63.0 Å². The number of hydrogen-bond donors (Lipinski definition) is 1. The maximum absolute atomic E-state index is 13.7. The molecule has 1 aliphatic heterocycles. The number of carbonyl (C=O) groups excluding carboxylic acids is 1. The van der Waals surface area contributed by atoms with Gasteiger partial charge in [-0.05, 0) is 97.7 Å². The molecule has 200 valence electrons. The Balaban J connectivity index is 1.42. The number of hydrogen-bond acceptors (Lipinski definition) is 5. The van der Waals surface area contributed by atoms with Crippen molar-refractivity contribution < 1.29 is 22.7 Å². The molecule has 3 aromatic rings. The molecule has 2 aliphatic rings. The molecule has 0 aromatic heterocycles. The second kappa shape index (κ2) is 10.7. The fourth-order valence-corrected chi connectivity index (χ4v) is 6.73. The number of ether oxygens (including phenoxy) is 2. The van der Waals surface area contributed by atoms with Crippen LogP contribution in [0.3, 0.4) is 0 Å². The van der Waals surface area contributed by atoms with Gasteiger partial charge in [0.15, 0.2) is 6.10 Å². The molecule has 1 N–H and O–H groups in total. The van der Waals surface area contributed by atoms with Crippen LogP contribution in [0.5, 0.6) is 11.5 Å². The second-order valence-electron chi connectivity index (χ2n) is 9.99. The Bertz CT molecular complexity index is 1440. The lowest BCUT2D eigenvalue weighted by Gasteiger charge is -2.35. The van der Waals surface area contributed by atoms with Crippen LogP contribution in [0.25, 0.3) is 0 Å². The van der Waals surface area contributed by atoms with Crippen molar-refractivity contribution in [3.05, 3.63) is 82.9 Å². The van der Waals surface area contributed by atoms with Gasteiger partial charge in [0.2, 0.25) is 0 Å². The first-order valence-corrected chi connectivity index (χ1v) is 14.6. The Labute approximate surface area is 224 Å². The second-order valence-corrected chi connectivity index (χ2v) is 11.9. The van der Waals surface area contributed by atoms with Crippen molar-refractivity contribution in [3.8, 4) is 11.5 Å². The standard InChI is InChI=1S/C30H34N2O5S/c1-4-26(23-11-10-21-7-5-6-8-22(21)18-23)31-30(33)29-19-32(27-16-9-20(2)17-28(27)37-29)38(34,35)25-14-12-24(36-3)13-15-25/h9-18,26,29H,4-8,19H2,1-3H3,(H,31,33)/t26-,29+/m0/s1. The Hall–Kier alpha value is -3.52. The van der Waals surface area contributed by atoms with Gasteiger partial charge in [-0.25, -0.2) is 8.42 Å². The minimum Gasteiger partial charge on any atom is -0.497 e. The summed E-state index contributed by atoms with van der Waals surface area (Å²) in [7, 11) is -2.43. The largest absolute Gasteiger partial charge is 0.497 e. The number of rotatable bonds is 7. The van der Waals surface area contributed by atoms with E-state index in [1.54, 1.807) is 24.3 Å². The highest BCUT2D eigenvalue weighted by molar-refractivity contribution is 7.92. The van der Waals surface area contributed by atoms with Crippen LogP contribution < -0.4 is 19.1 Å². The van der Waals surface area contributed by atoms with E-state index in [1.165, 1.54) is 47.5 Å². The highest BCUT2D eigenvalue weighted by Gasteiger charge is 2.38. The molecular weight excluding hydrogens is 500 g/mol. The number of amides is 1. The van der Waals surface area contributed by atoms with E-state index in [9.17, 15) is 13.2 Å². The molecule has 8 heteroatoms. The monoisotopic (exact) mass is 534 g/mol. The van der Waals surface area contributed by atoms with Crippen LogP contribution in [0.2, 0.25) is 0 Å². The molecule has 7 nitrogen and oxygen atoms in total. The van der Waals surface area contributed by atoms with Gasteiger partial charge in [0.05, 0.1) is 30.3 Å². The Kier molecular flexibility index (Phi) is 7.34. The van der Waals surface area contributed by atoms with E-state index in [4.69, 9.17) is 9.47 Å². The smallest absolute Gasteiger partial charge is 0.264 e. The lowest BCUT2D eigenvalue weighted by atomic mass is 9.88. The SMILES string of the molecule is CC[C@H](NC(=O)[C@H]1CN(S(=O)(=O)c2ccc(OC)cc2)c2ccc(C)cc2O1)c1ccc2c(c1)CCCC2. The summed E-state index contributed by atoms with van der Waals surface area (Å²) in [5.41, 5.74) is 5.14. The normalized spacial score (nSPS) is 17.6. The molecule has 0 unspecified atom stereocenters. The van der Waals surface area contributed by atoms with E-state index in [2.05, 4.69) is 23.5 Å². The van der Waals surface area contributed by atoms with Gasteiger partial charge in [0.1, 0.15) is 11.5 Å². The van der Waals surface area contributed by atoms with Crippen molar-refractivity contribution in [1.82, 2.24) is 5.32 Å². The topological polar surface area (TPSA) is 84.9 Å². The first-order chi connectivity index (χ1) is 18.3. The molecule has 1 aliphatic carbocycles. The average molecular weight is 535 g/mol.